The van der Waals surface area contributed by atoms with Crippen LogP contribution >= 0.6 is 0 Å². The van der Waals surface area contributed by atoms with E-state index in [4.69, 9.17) is 5.73 Å². The van der Waals surface area contributed by atoms with Crippen molar-refractivity contribution in [3.05, 3.63) is 34.3 Å². The quantitative estimate of drug-likeness (QED) is 0.599. The Morgan fingerprint density at radius 2 is 2.07 bits per heavy atom. The van der Waals surface area contributed by atoms with Crippen molar-refractivity contribution in [3.63, 3.8) is 0 Å². The molecule has 3 rings (SSSR count). The fourth-order valence-corrected chi connectivity index (χ4v) is 4.76. The third-order valence-electron chi connectivity index (χ3n) is 5.19. The average Bonchev–Trinajstić information content (AvgIpc) is 2.91. The monoisotopic (exact) mass is 425 g/mol. The normalized spacial score (nSPS) is 20.3. The number of anilines is 1. The Bertz CT molecular complexity index is 1030. The number of phenolic OH excluding ortho intramolecular Hbond substituents is 1. The number of hydrogen-bond acceptors (Lipinski definition) is 7. The van der Waals surface area contributed by atoms with Crippen molar-refractivity contribution in [1.29, 1.82) is 0 Å². The van der Waals surface area contributed by atoms with Crippen LogP contribution in [-0.4, -0.2) is 56.7 Å². The second-order valence-corrected chi connectivity index (χ2v) is 8.76. The third-order valence-corrected chi connectivity index (χ3v) is 6.57. The van der Waals surface area contributed by atoms with E-state index in [0.717, 1.165) is 11.3 Å². The fourth-order valence-electron chi connectivity index (χ4n) is 3.59. The molecule has 1 amide bonds. The molecule has 1 aromatic carbocycles. The van der Waals surface area contributed by atoms with E-state index in [-0.39, 0.29) is 6.54 Å². The van der Waals surface area contributed by atoms with Crippen LogP contribution < -0.4 is 14.8 Å². The van der Waals surface area contributed by atoms with Crippen molar-refractivity contribution >= 4 is 27.5 Å². The summed E-state index contributed by atoms with van der Waals surface area (Å²) in [5.74, 6) is -2.14. The Kier molecular flexibility index (Phi) is 5.54. The predicted octanol–water partition coefficient (Wildman–Crippen LogP) is 0.394. The third kappa shape index (κ3) is 3.92. The second kappa shape index (κ2) is 7.64. The molecule has 0 radical (unpaired) electrons. The molecule has 2 heterocycles. The SMILES string of the molecule is CN=C(C)/C(CN1CCc2cc(O)c(N3CC(=O)NS3(=O)=O)c(F)c2C1)=C(/C)N. The molecule has 2 aliphatic heterocycles. The summed E-state index contributed by atoms with van der Waals surface area (Å²) in [7, 11) is -2.57. The Morgan fingerprint density at radius 3 is 2.62 bits per heavy atom. The van der Waals surface area contributed by atoms with E-state index >= 15 is 4.39 Å². The largest absolute Gasteiger partial charge is 0.506 e. The second-order valence-electron chi connectivity index (χ2n) is 7.16. The Labute approximate surface area is 168 Å². The number of nitrogens with one attached hydrogen (secondary N) is 1. The fraction of sp³-hybridized carbons (Fsp3) is 0.444. The van der Waals surface area contributed by atoms with E-state index in [2.05, 4.69) is 4.99 Å². The first-order valence-corrected chi connectivity index (χ1v) is 10.5. The Balaban J connectivity index is 1.97. The Hall–Kier alpha value is -2.66. The summed E-state index contributed by atoms with van der Waals surface area (Å²) in [5.41, 5.74) is 8.62. The minimum absolute atomic E-state index is 0.206. The number of rotatable bonds is 4. The van der Waals surface area contributed by atoms with Gasteiger partial charge in [0.25, 0.3) is 5.91 Å². The molecular formula is C18H24FN5O4S. The van der Waals surface area contributed by atoms with E-state index in [9.17, 15) is 18.3 Å². The molecule has 9 nitrogen and oxygen atoms in total. The lowest BCUT2D eigenvalue weighted by Gasteiger charge is -2.31. The van der Waals surface area contributed by atoms with Crippen molar-refractivity contribution < 1.29 is 22.7 Å². The topological polar surface area (TPSA) is 128 Å². The smallest absolute Gasteiger partial charge is 0.326 e. The van der Waals surface area contributed by atoms with Crippen LogP contribution in [-0.2, 0) is 28.0 Å². The van der Waals surface area contributed by atoms with Gasteiger partial charge in [-0.15, -0.1) is 0 Å². The maximum Gasteiger partial charge on any atom is 0.326 e. The summed E-state index contributed by atoms with van der Waals surface area (Å²) in [6.07, 6.45) is 0.475. The highest BCUT2D eigenvalue weighted by Gasteiger charge is 2.39. The lowest BCUT2D eigenvalue weighted by atomic mass is 9.96. The number of aromatic hydroxyl groups is 1. The molecule has 1 fully saturated rings. The number of amides is 1. The molecule has 0 atom stereocenters. The van der Waals surface area contributed by atoms with Crippen LogP contribution in [0.2, 0.25) is 0 Å². The van der Waals surface area contributed by atoms with E-state index in [1.807, 2.05) is 11.8 Å². The minimum atomic E-state index is -4.24. The highest BCUT2D eigenvalue weighted by atomic mass is 32.2. The summed E-state index contributed by atoms with van der Waals surface area (Å²) in [6.45, 7) is 4.32. The van der Waals surface area contributed by atoms with Gasteiger partial charge in [0, 0.05) is 49.2 Å². The molecule has 2 aliphatic rings. The van der Waals surface area contributed by atoms with Gasteiger partial charge >= 0.3 is 10.2 Å². The van der Waals surface area contributed by atoms with Crippen molar-refractivity contribution in [1.82, 2.24) is 9.62 Å². The Morgan fingerprint density at radius 1 is 1.38 bits per heavy atom. The zero-order valence-corrected chi connectivity index (χ0v) is 17.3. The van der Waals surface area contributed by atoms with Gasteiger partial charge in [-0.3, -0.25) is 14.7 Å². The van der Waals surface area contributed by atoms with E-state index in [1.165, 1.54) is 6.07 Å². The van der Waals surface area contributed by atoms with Crippen LogP contribution in [0.4, 0.5) is 10.1 Å². The van der Waals surface area contributed by atoms with Gasteiger partial charge in [0.05, 0.1) is 0 Å². The molecule has 158 valence electrons. The van der Waals surface area contributed by atoms with Gasteiger partial charge in [0.1, 0.15) is 18.0 Å². The number of nitrogens with two attached hydrogens (primary N) is 1. The molecule has 29 heavy (non-hydrogen) atoms. The summed E-state index contributed by atoms with van der Waals surface area (Å²) < 4.78 is 41.9. The number of hydrogen-bond donors (Lipinski definition) is 3. The number of fused-ring (bicyclic) bond motifs is 1. The van der Waals surface area contributed by atoms with Gasteiger partial charge in [-0.25, -0.2) is 13.4 Å². The molecule has 0 saturated carbocycles. The maximum atomic E-state index is 15.3. The number of phenols is 1. The number of carbonyl (C=O) groups excluding carboxylic acids is 1. The van der Waals surface area contributed by atoms with E-state index < -0.39 is 39.9 Å². The maximum absolute atomic E-state index is 15.3. The van der Waals surface area contributed by atoms with Crippen LogP contribution in [0.1, 0.15) is 25.0 Å². The molecule has 1 saturated heterocycles. The van der Waals surface area contributed by atoms with Crippen molar-refractivity contribution in [2.75, 3.05) is 31.0 Å². The number of aliphatic imine (C=N–C) groups is 1. The number of allylic oxidation sites excluding steroid dienone is 1. The van der Waals surface area contributed by atoms with E-state index in [0.29, 0.717) is 40.6 Å². The standard InChI is InChI=1S/C18H24FN5O4S/c1-10(20)13(11(2)21-3)7-23-5-4-12-6-15(25)18(17(19)14(12)8-23)24-9-16(26)22-29(24,27)28/h6,25H,4-5,7-9,20H2,1-3H3,(H,22,26)/b13-10-,21-11?. The van der Waals surface area contributed by atoms with Gasteiger partial charge in [0.15, 0.2) is 5.82 Å². The summed E-state index contributed by atoms with van der Waals surface area (Å²) in [5, 5.41) is 10.3. The highest BCUT2D eigenvalue weighted by molar-refractivity contribution is 7.92. The van der Waals surface area contributed by atoms with Gasteiger partial charge < -0.3 is 10.8 Å². The van der Waals surface area contributed by atoms with Crippen LogP contribution in [0.5, 0.6) is 5.75 Å². The van der Waals surface area contributed by atoms with Crippen LogP contribution in [0, 0.1) is 5.82 Å². The first-order valence-electron chi connectivity index (χ1n) is 9.03. The first-order chi connectivity index (χ1) is 13.5. The number of halogens is 1. The molecular weight excluding hydrogens is 401 g/mol. The minimum Gasteiger partial charge on any atom is -0.506 e. The zero-order chi connectivity index (χ0) is 21.5. The van der Waals surface area contributed by atoms with Crippen LogP contribution in [0.3, 0.4) is 0 Å². The van der Waals surface area contributed by atoms with Crippen molar-refractivity contribution in [2.24, 2.45) is 10.7 Å². The van der Waals surface area contributed by atoms with Gasteiger partial charge in [0.2, 0.25) is 0 Å². The molecule has 0 bridgehead atoms. The number of nitrogens with zero attached hydrogens (tertiary/aromatic N) is 3. The summed E-state index contributed by atoms with van der Waals surface area (Å²) >= 11 is 0. The molecule has 0 spiro atoms. The van der Waals surface area contributed by atoms with Crippen LogP contribution in [0.25, 0.3) is 0 Å². The van der Waals surface area contributed by atoms with Gasteiger partial charge in [-0.1, -0.05) is 0 Å². The van der Waals surface area contributed by atoms with Gasteiger partial charge in [-0.05, 0) is 31.9 Å². The van der Waals surface area contributed by atoms with E-state index in [1.54, 1.807) is 18.7 Å². The molecule has 11 heteroatoms. The van der Waals surface area contributed by atoms with Crippen molar-refractivity contribution in [3.8, 4) is 5.75 Å². The van der Waals surface area contributed by atoms with Crippen LogP contribution in [0.15, 0.2) is 22.3 Å². The molecule has 1 aromatic rings. The van der Waals surface area contributed by atoms with Gasteiger partial charge in [-0.2, -0.15) is 8.42 Å². The summed E-state index contributed by atoms with van der Waals surface area (Å²) in [6, 6.07) is 1.37. The lowest BCUT2D eigenvalue weighted by Crippen LogP contribution is -2.35. The first kappa shape index (κ1) is 21.1. The molecule has 0 aliphatic carbocycles. The summed E-state index contributed by atoms with van der Waals surface area (Å²) in [4.78, 5) is 17.7. The highest BCUT2D eigenvalue weighted by Crippen LogP contribution is 2.39. The molecule has 0 unspecified atom stereocenters. The zero-order valence-electron chi connectivity index (χ0n) is 16.5. The lowest BCUT2D eigenvalue weighted by molar-refractivity contribution is -0.117. The number of benzene rings is 1. The average molecular weight is 425 g/mol. The molecule has 4 N–H and O–H groups in total. The predicted molar refractivity (Wildman–Crippen MR) is 107 cm³/mol. The van der Waals surface area contributed by atoms with Crippen molar-refractivity contribution in [2.45, 2.75) is 26.8 Å². The molecule has 0 aromatic heterocycles. The number of carbonyl (C=O) groups is 1.